The fourth-order valence-corrected chi connectivity index (χ4v) is 4.48. The lowest BCUT2D eigenvalue weighted by Gasteiger charge is -2.16. The van der Waals surface area contributed by atoms with Crippen LogP contribution < -0.4 is 0 Å². The molecule has 0 N–H and O–H groups in total. The summed E-state index contributed by atoms with van der Waals surface area (Å²) in [6, 6.07) is 26.2. The third-order valence-electron chi connectivity index (χ3n) is 5.99. The van der Waals surface area contributed by atoms with Crippen molar-refractivity contribution in [2.75, 3.05) is 0 Å². The molecule has 1 heterocycles. The summed E-state index contributed by atoms with van der Waals surface area (Å²) in [5, 5.41) is 2.60. The summed E-state index contributed by atoms with van der Waals surface area (Å²) < 4.78 is 2.36. The fourth-order valence-electron chi connectivity index (χ4n) is 4.48. The first kappa shape index (κ1) is 18.4. The van der Waals surface area contributed by atoms with Crippen LogP contribution in [-0.2, 0) is 0 Å². The van der Waals surface area contributed by atoms with Crippen molar-refractivity contribution in [2.45, 2.75) is 19.8 Å². The van der Waals surface area contributed by atoms with Crippen molar-refractivity contribution in [3.8, 4) is 5.69 Å². The van der Waals surface area contributed by atoms with E-state index in [0.29, 0.717) is 0 Å². The Hall–Kier alpha value is -3.58. The number of rotatable bonds is 4. The molecule has 4 aromatic rings. The summed E-state index contributed by atoms with van der Waals surface area (Å²) in [7, 11) is 0. The van der Waals surface area contributed by atoms with E-state index in [-0.39, 0.29) is 0 Å². The quantitative estimate of drug-likeness (QED) is 0.312. The van der Waals surface area contributed by atoms with Gasteiger partial charge < -0.3 is 4.57 Å². The van der Waals surface area contributed by atoms with Gasteiger partial charge in [0.05, 0.1) is 11.0 Å². The van der Waals surface area contributed by atoms with Gasteiger partial charge in [-0.05, 0) is 72.4 Å². The van der Waals surface area contributed by atoms with E-state index < -0.39 is 0 Å². The van der Waals surface area contributed by atoms with E-state index in [1.165, 1.54) is 44.2 Å². The molecule has 1 aromatic heterocycles. The van der Waals surface area contributed by atoms with Crippen LogP contribution in [0.3, 0.4) is 0 Å². The van der Waals surface area contributed by atoms with Crippen LogP contribution in [0.15, 0.2) is 115 Å². The molecule has 0 spiro atoms. The highest BCUT2D eigenvalue weighted by molar-refractivity contribution is 6.10. The Labute approximate surface area is 178 Å². The molecule has 0 radical (unpaired) electrons. The Morgan fingerprint density at radius 1 is 0.833 bits per heavy atom. The molecule has 0 atom stereocenters. The van der Waals surface area contributed by atoms with Crippen molar-refractivity contribution < 1.29 is 0 Å². The lowest BCUT2D eigenvalue weighted by Crippen LogP contribution is -1.96. The predicted octanol–water partition coefficient (Wildman–Crippen LogP) is 8.02. The second-order valence-electron chi connectivity index (χ2n) is 7.83. The van der Waals surface area contributed by atoms with Crippen LogP contribution in [0.2, 0.25) is 0 Å². The second kappa shape index (κ2) is 7.68. The van der Waals surface area contributed by atoms with Crippen molar-refractivity contribution in [1.82, 2.24) is 4.57 Å². The Morgan fingerprint density at radius 2 is 1.60 bits per heavy atom. The van der Waals surface area contributed by atoms with Crippen molar-refractivity contribution in [3.63, 3.8) is 0 Å². The maximum absolute atomic E-state index is 4.19. The van der Waals surface area contributed by atoms with E-state index in [0.717, 1.165) is 18.4 Å². The smallest absolute Gasteiger partial charge is 0.0541 e. The van der Waals surface area contributed by atoms with Gasteiger partial charge in [-0.25, -0.2) is 0 Å². The van der Waals surface area contributed by atoms with Gasteiger partial charge in [-0.2, -0.15) is 0 Å². The average molecular weight is 388 g/mol. The molecular formula is C29H25N. The van der Waals surface area contributed by atoms with Gasteiger partial charge in [0.25, 0.3) is 0 Å². The monoisotopic (exact) mass is 387 g/mol. The van der Waals surface area contributed by atoms with Crippen LogP contribution in [-0.4, -0.2) is 4.57 Å². The molecule has 30 heavy (non-hydrogen) atoms. The maximum Gasteiger partial charge on any atom is 0.0541 e. The number of para-hydroxylation sites is 2. The van der Waals surface area contributed by atoms with Gasteiger partial charge in [-0.1, -0.05) is 73.3 Å². The lowest BCUT2D eigenvalue weighted by atomic mass is 9.90. The fraction of sp³-hybridized carbons (Fsp3) is 0.103. The molecule has 0 bridgehead atoms. The summed E-state index contributed by atoms with van der Waals surface area (Å²) in [6.07, 6.45) is 10.7. The van der Waals surface area contributed by atoms with Gasteiger partial charge in [-0.3, -0.25) is 0 Å². The Kier molecular flexibility index (Phi) is 4.72. The van der Waals surface area contributed by atoms with Crippen LogP contribution >= 0.6 is 0 Å². The third-order valence-corrected chi connectivity index (χ3v) is 5.99. The van der Waals surface area contributed by atoms with E-state index in [1.54, 1.807) is 0 Å². The summed E-state index contributed by atoms with van der Waals surface area (Å²) in [6.45, 7) is 6.22. The molecule has 3 aromatic carbocycles. The number of nitrogens with zero attached hydrogens (tertiary/aromatic N) is 1. The van der Waals surface area contributed by atoms with Gasteiger partial charge in [-0.15, -0.1) is 0 Å². The van der Waals surface area contributed by atoms with Gasteiger partial charge in [0.2, 0.25) is 0 Å². The first-order chi connectivity index (χ1) is 14.8. The van der Waals surface area contributed by atoms with Crippen molar-refractivity contribution >= 4 is 27.4 Å². The van der Waals surface area contributed by atoms with E-state index >= 15 is 0 Å². The normalized spacial score (nSPS) is 14.3. The average Bonchev–Trinajstić information content (AvgIpc) is 3.14. The lowest BCUT2D eigenvalue weighted by molar-refractivity contribution is 0.995. The zero-order chi connectivity index (χ0) is 20.5. The summed E-state index contributed by atoms with van der Waals surface area (Å²) in [5.41, 5.74) is 8.85. The molecule has 146 valence electrons. The van der Waals surface area contributed by atoms with Crippen LogP contribution in [0.4, 0.5) is 0 Å². The Morgan fingerprint density at radius 3 is 2.37 bits per heavy atom. The highest BCUT2D eigenvalue weighted by Gasteiger charge is 2.15. The molecule has 1 aliphatic carbocycles. The molecule has 5 rings (SSSR count). The van der Waals surface area contributed by atoms with Gasteiger partial charge in [0.1, 0.15) is 0 Å². The summed E-state index contributed by atoms with van der Waals surface area (Å²) in [4.78, 5) is 0. The van der Waals surface area contributed by atoms with Gasteiger partial charge >= 0.3 is 0 Å². The predicted molar refractivity (Wildman–Crippen MR) is 130 cm³/mol. The standard InChI is InChI=1S/C29H25N/c1-3-9-21(2)22-14-16-23(17-15-22)24-18-19-29-27(20-24)26-12-7-8-13-28(26)30(29)25-10-5-4-6-11-25/h3-14,16,18-20H,2,15,17H2,1H3. The van der Waals surface area contributed by atoms with Crippen LogP contribution in [0.1, 0.15) is 25.3 Å². The largest absolute Gasteiger partial charge is 0.309 e. The second-order valence-corrected chi connectivity index (χ2v) is 7.83. The minimum absolute atomic E-state index is 1.04. The van der Waals surface area contributed by atoms with E-state index in [4.69, 9.17) is 0 Å². The molecule has 1 nitrogen and oxygen atoms in total. The van der Waals surface area contributed by atoms with Crippen LogP contribution in [0.25, 0.3) is 33.1 Å². The topological polar surface area (TPSA) is 4.93 Å². The highest BCUT2D eigenvalue weighted by atomic mass is 15.0. The zero-order valence-electron chi connectivity index (χ0n) is 17.3. The molecule has 0 unspecified atom stereocenters. The minimum Gasteiger partial charge on any atom is -0.309 e. The number of hydrogen-bond donors (Lipinski definition) is 0. The van der Waals surface area contributed by atoms with Crippen molar-refractivity contribution in [1.29, 1.82) is 0 Å². The van der Waals surface area contributed by atoms with Crippen LogP contribution in [0.5, 0.6) is 0 Å². The number of hydrogen-bond acceptors (Lipinski definition) is 0. The van der Waals surface area contributed by atoms with E-state index in [1.807, 2.05) is 6.92 Å². The van der Waals surface area contributed by atoms with Gasteiger partial charge in [0.15, 0.2) is 0 Å². The van der Waals surface area contributed by atoms with Crippen molar-refractivity contribution in [2.24, 2.45) is 0 Å². The molecule has 0 saturated carbocycles. The van der Waals surface area contributed by atoms with E-state index in [9.17, 15) is 0 Å². The molecule has 0 amide bonds. The summed E-state index contributed by atoms with van der Waals surface area (Å²) >= 11 is 0. The molecule has 0 fully saturated rings. The SMILES string of the molecule is C=C(C=CC)C1=CC=C(c2ccc3c(c2)c2ccccc2n3-c2ccccc2)CC1. The molecular weight excluding hydrogens is 362 g/mol. The first-order valence-electron chi connectivity index (χ1n) is 10.6. The minimum atomic E-state index is 1.04. The van der Waals surface area contributed by atoms with Gasteiger partial charge in [0, 0.05) is 16.5 Å². The number of allylic oxidation sites excluding steroid dienone is 7. The van der Waals surface area contributed by atoms with Crippen LogP contribution in [0, 0.1) is 0 Å². The number of fused-ring (bicyclic) bond motifs is 3. The maximum atomic E-state index is 4.19. The summed E-state index contributed by atoms with van der Waals surface area (Å²) in [5.74, 6) is 0. The van der Waals surface area contributed by atoms with Crippen molar-refractivity contribution in [3.05, 3.63) is 120 Å². The third kappa shape index (κ3) is 3.13. The Balaban J connectivity index is 1.64. The molecule has 1 aliphatic rings. The Bertz CT molecular complexity index is 1340. The molecule has 0 aliphatic heterocycles. The molecule has 0 saturated heterocycles. The molecule has 1 heteroatoms. The van der Waals surface area contributed by atoms with E-state index in [2.05, 4.69) is 108 Å². The highest BCUT2D eigenvalue weighted by Crippen LogP contribution is 2.36. The first-order valence-corrected chi connectivity index (χ1v) is 10.6. The zero-order valence-corrected chi connectivity index (χ0v) is 17.3. The number of aromatic nitrogens is 1. The number of benzene rings is 3.